The standard InChI is InChI=1S/C15H17F2N3O3/c16-13(17)9-23-15(22)19-7-5-10(6-8-19)20-12-4-2-1-3-11(12)18-14(20)21/h1-4,10,13H,5-9H2,(H,18,21). The normalized spacial score (nSPS) is 16.2. The molecule has 0 aliphatic carbocycles. The maximum Gasteiger partial charge on any atom is 0.409 e. The zero-order valence-electron chi connectivity index (χ0n) is 12.4. The molecule has 1 aliphatic heterocycles. The molecule has 1 N–H and O–H groups in total. The van der Waals surface area contributed by atoms with Crippen LogP contribution in [0.3, 0.4) is 0 Å². The number of carbonyl (C=O) groups excluding carboxylic acids is 1. The van der Waals surface area contributed by atoms with Crippen molar-refractivity contribution in [2.24, 2.45) is 0 Å². The molecule has 1 fully saturated rings. The smallest absolute Gasteiger partial charge is 0.409 e. The number of benzene rings is 1. The van der Waals surface area contributed by atoms with Gasteiger partial charge in [-0.2, -0.15) is 0 Å². The van der Waals surface area contributed by atoms with E-state index in [0.717, 1.165) is 11.0 Å². The molecular weight excluding hydrogens is 308 g/mol. The number of nitrogens with one attached hydrogen (secondary N) is 1. The van der Waals surface area contributed by atoms with Gasteiger partial charge in [0, 0.05) is 19.1 Å². The van der Waals surface area contributed by atoms with E-state index in [1.54, 1.807) is 4.57 Å². The topological polar surface area (TPSA) is 67.3 Å². The Morgan fingerprint density at radius 3 is 2.70 bits per heavy atom. The van der Waals surface area contributed by atoms with E-state index in [1.807, 2.05) is 24.3 Å². The largest absolute Gasteiger partial charge is 0.443 e. The van der Waals surface area contributed by atoms with Gasteiger partial charge in [0.1, 0.15) is 0 Å². The van der Waals surface area contributed by atoms with Crippen LogP contribution in [0.2, 0.25) is 0 Å². The number of rotatable bonds is 3. The van der Waals surface area contributed by atoms with Crippen molar-refractivity contribution in [3.63, 3.8) is 0 Å². The molecule has 0 bridgehead atoms. The Balaban J connectivity index is 1.68. The second kappa shape index (κ2) is 6.39. The molecule has 124 valence electrons. The average Bonchev–Trinajstić information content (AvgIpc) is 2.88. The second-order valence-electron chi connectivity index (χ2n) is 5.50. The molecule has 0 radical (unpaired) electrons. The van der Waals surface area contributed by atoms with E-state index in [-0.39, 0.29) is 11.7 Å². The summed E-state index contributed by atoms with van der Waals surface area (Å²) in [7, 11) is 0. The van der Waals surface area contributed by atoms with Crippen LogP contribution < -0.4 is 5.69 Å². The Morgan fingerprint density at radius 1 is 1.30 bits per heavy atom. The minimum Gasteiger partial charge on any atom is -0.443 e. The maximum absolute atomic E-state index is 12.1. The van der Waals surface area contributed by atoms with E-state index in [4.69, 9.17) is 0 Å². The van der Waals surface area contributed by atoms with Crippen molar-refractivity contribution in [1.82, 2.24) is 14.5 Å². The van der Waals surface area contributed by atoms with E-state index in [9.17, 15) is 18.4 Å². The zero-order chi connectivity index (χ0) is 16.4. The number of H-pyrrole nitrogens is 1. The molecule has 1 aliphatic rings. The number of alkyl halides is 2. The molecule has 0 unspecified atom stereocenters. The van der Waals surface area contributed by atoms with Gasteiger partial charge in [0.2, 0.25) is 0 Å². The number of piperidine rings is 1. The summed E-state index contributed by atoms with van der Waals surface area (Å²) in [6, 6.07) is 7.39. The lowest BCUT2D eigenvalue weighted by Crippen LogP contribution is -2.41. The zero-order valence-corrected chi connectivity index (χ0v) is 12.4. The fourth-order valence-electron chi connectivity index (χ4n) is 2.97. The van der Waals surface area contributed by atoms with Gasteiger partial charge in [-0.3, -0.25) is 4.57 Å². The molecule has 8 heteroatoms. The van der Waals surface area contributed by atoms with Crippen molar-refractivity contribution < 1.29 is 18.3 Å². The molecule has 0 saturated carbocycles. The number of imidazole rings is 1. The van der Waals surface area contributed by atoms with Crippen LogP contribution in [0.25, 0.3) is 11.0 Å². The van der Waals surface area contributed by atoms with Crippen LogP contribution in [0.5, 0.6) is 0 Å². The predicted molar refractivity (Wildman–Crippen MR) is 79.8 cm³/mol. The molecular formula is C15H17F2N3O3. The number of ether oxygens (including phenoxy) is 1. The first-order valence-corrected chi connectivity index (χ1v) is 7.45. The van der Waals surface area contributed by atoms with Crippen LogP contribution >= 0.6 is 0 Å². The van der Waals surface area contributed by atoms with Crippen molar-refractivity contribution in [2.45, 2.75) is 25.3 Å². The monoisotopic (exact) mass is 325 g/mol. The first kappa shape index (κ1) is 15.5. The third-order valence-corrected chi connectivity index (χ3v) is 4.04. The van der Waals surface area contributed by atoms with E-state index < -0.39 is 19.1 Å². The quantitative estimate of drug-likeness (QED) is 0.942. The van der Waals surface area contributed by atoms with E-state index >= 15 is 0 Å². The second-order valence-corrected chi connectivity index (χ2v) is 5.50. The summed E-state index contributed by atoms with van der Waals surface area (Å²) in [6.45, 7) is -0.141. The van der Waals surface area contributed by atoms with Crippen molar-refractivity contribution >= 4 is 17.1 Å². The molecule has 23 heavy (non-hydrogen) atoms. The molecule has 0 spiro atoms. The summed E-state index contributed by atoms with van der Waals surface area (Å²) in [5.74, 6) is 0. The van der Waals surface area contributed by atoms with E-state index in [2.05, 4.69) is 9.72 Å². The lowest BCUT2D eigenvalue weighted by Gasteiger charge is -2.31. The van der Waals surface area contributed by atoms with Crippen LogP contribution in [0.15, 0.2) is 29.1 Å². The van der Waals surface area contributed by atoms with Gasteiger partial charge in [-0.1, -0.05) is 12.1 Å². The van der Waals surface area contributed by atoms with Gasteiger partial charge >= 0.3 is 11.8 Å². The third-order valence-electron chi connectivity index (χ3n) is 4.04. The minimum atomic E-state index is -2.67. The third kappa shape index (κ3) is 3.20. The Morgan fingerprint density at radius 2 is 2.00 bits per heavy atom. The summed E-state index contributed by atoms with van der Waals surface area (Å²) in [5.41, 5.74) is 1.43. The number of aromatic amines is 1. The van der Waals surface area contributed by atoms with Crippen LogP contribution in [0, 0.1) is 0 Å². The number of likely N-dealkylation sites (tertiary alicyclic amines) is 1. The number of hydrogen-bond acceptors (Lipinski definition) is 3. The Bertz CT molecular complexity index is 748. The van der Waals surface area contributed by atoms with Crippen molar-refractivity contribution in [1.29, 1.82) is 0 Å². The van der Waals surface area contributed by atoms with Gasteiger partial charge < -0.3 is 14.6 Å². The number of para-hydroxylation sites is 2. The first-order valence-electron chi connectivity index (χ1n) is 7.45. The number of carbonyl (C=O) groups is 1. The Hall–Kier alpha value is -2.38. The highest BCUT2D eigenvalue weighted by Gasteiger charge is 2.27. The minimum absolute atomic E-state index is 0.0298. The van der Waals surface area contributed by atoms with Gasteiger partial charge in [0.15, 0.2) is 6.61 Å². The molecule has 1 aromatic heterocycles. The number of nitrogens with zero attached hydrogens (tertiary/aromatic N) is 2. The molecule has 1 amide bonds. The maximum atomic E-state index is 12.1. The summed E-state index contributed by atoms with van der Waals surface area (Å²) >= 11 is 0. The number of hydrogen-bond donors (Lipinski definition) is 1. The summed E-state index contributed by atoms with van der Waals surface area (Å²) in [4.78, 5) is 28.0. The number of fused-ring (bicyclic) bond motifs is 1. The number of halogens is 2. The Kier molecular flexibility index (Phi) is 4.31. The molecule has 2 heterocycles. The van der Waals surface area contributed by atoms with Gasteiger partial charge in [-0.15, -0.1) is 0 Å². The van der Waals surface area contributed by atoms with Crippen LogP contribution in [0.4, 0.5) is 13.6 Å². The highest BCUT2D eigenvalue weighted by atomic mass is 19.3. The average molecular weight is 325 g/mol. The molecule has 2 aromatic rings. The fourth-order valence-corrected chi connectivity index (χ4v) is 2.97. The summed E-state index contributed by atoms with van der Waals surface area (Å²) in [6.07, 6.45) is -2.24. The fraction of sp³-hybridized carbons (Fsp3) is 0.467. The molecule has 0 atom stereocenters. The van der Waals surface area contributed by atoms with E-state index in [1.165, 1.54) is 4.90 Å². The lowest BCUT2D eigenvalue weighted by atomic mass is 10.0. The highest BCUT2D eigenvalue weighted by molar-refractivity contribution is 5.75. The van der Waals surface area contributed by atoms with Crippen molar-refractivity contribution in [3.8, 4) is 0 Å². The SMILES string of the molecule is O=C(OCC(F)F)N1CCC(n2c(=O)[nH]c3ccccc32)CC1. The van der Waals surface area contributed by atoms with Crippen LogP contribution in [-0.2, 0) is 4.74 Å². The summed E-state index contributed by atoms with van der Waals surface area (Å²) in [5, 5.41) is 0. The molecule has 6 nitrogen and oxygen atoms in total. The summed E-state index contributed by atoms with van der Waals surface area (Å²) < 4.78 is 30.4. The lowest BCUT2D eigenvalue weighted by molar-refractivity contribution is 0.0273. The molecule has 1 saturated heterocycles. The van der Waals surface area contributed by atoms with Gasteiger partial charge in [0.05, 0.1) is 11.0 Å². The van der Waals surface area contributed by atoms with E-state index in [0.29, 0.717) is 25.9 Å². The Labute approximate surface area is 130 Å². The van der Waals surface area contributed by atoms with Crippen molar-refractivity contribution in [2.75, 3.05) is 19.7 Å². The van der Waals surface area contributed by atoms with Crippen LogP contribution in [-0.4, -0.2) is 46.7 Å². The first-order chi connectivity index (χ1) is 11.1. The molecule has 1 aromatic carbocycles. The number of amides is 1. The molecule has 3 rings (SSSR count). The van der Waals surface area contributed by atoms with Crippen molar-refractivity contribution in [3.05, 3.63) is 34.7 Å². The predicted octanol–water partition coefficient (Wildman–Crippen LogP) is 2.37. The van der Waals surface area contributed by atoms with Gasteiger partial charge in [-0.25, -0.2) is 18.4 Å². The van der Waals surface area contributed by atoms with Gasteiger partial charge in [0.25, 0.3) is 6.43 Å². The van der Waals surface area contributed by atoms with Gasteiger partial charge in [-0.05, 0) is 25.0 Å². The van der Waals surface area contributed by atoms with Crippen LogP contribution in [0.1, 0.15) is 18.9 Å². The number of aromatic nitrogens is 2. The highest BCUT2D eigenvalue weighted by Crippen LogP contribution is 2.25.